The molecule has 3 heteroatoms. The van der Waals surface area contributed by atoms with Gasteiger partial charge in [-0.15, -0.1) is 0 Å². The lowest BCUT2D eigenvalue weighted by atomic mass is 9.88. The third kappa shape index (κ3) is 3.13. The summed E-state index contributed by atoms with van der Waals surface area (Å²) in [6.45, 7) is 4.22. The monoisotopic (exact) mass is 286 g/mol. The molecule has 2 aliphatic rings. The quantitative estimate of drug-likeness (QED) is 0.923. The number of fused-ring (bicyclic) bond motifs is 1. The predicted octanol–water partition coefficient (Wildman–Crippen LogP) is 3.00. The normalized spacial score (nSPS) is 25.8. The predicted molar refractivity (Wildman–Crippen MR) is 85.5 cm³/mol. The van der Waals surface area contributed by atoms with Crippen molar-refractivity contribution in [1.29, 1.82) is 0 Å². The van der Waals surface area contributed by atoms with Crippen molar-refractivity contribution in [3.8, 4) is 0 Å². The van der Waals surface area contributed by atoms with Gasteiger partial charge in [-0.1, -0.05) is 25.1 Å². The maximum absolute atomic E-state index is 12.7. The Morgan fingerprint density at radius 2 is 1.95 bits per heavy atom. The Bertz CT molecular complexity index is 492. The lowest BCUT2D eigenvalue weighted by Crippen LogP contribution is -2.48. The second-order valence-corrected chi connectivity index (χ2v) is 6.37. The van der Waals surface area contributed by atoms with E-state index in [0.29, 0.717) is 12.1 Å². The third-order valence-electron chi connectivity index (χ3n) is 4.95. The molecule has 0 bridgehead atoms. The van der Waals surface area contributed by atoms with Crippen LogP contribution < -0.4 is 5.32 Å². The van der Waals surface area contributed by atoms with Crippen LogP contribution in [0.2, 0.25) is 0 Å². The Hall–Kier alpha value is -1.35. The Labute approximate surface area is 127 Å². The molecule has 1 N–H and O–H groups in total. The van der Waals surface area contributed by atoms with Crippen molar-refractivity contribution in [2.24, 2.45) is 0 Å². The minimum Gasteiger partial charge on any atom is -0.335 e. The molecule has 0 radical (unpaired) electrons. The van der Waals surface area contributed by atoms with Crippen molar-refractivity contribution in [1.82, 2.24) is 10.2 Å². The number of carbonyl (C=O) groups excluding carboxylic acids is 1. The lowest BCUT2D eigenvalue weighted by Gasteiger charge is -2.39. The van der Waals surface area contributed by atoms with Crippen molar-refractivity contribution < 1.29 is 4.79 Å². The van der Waals surface area contributed by atoms with Crippen LogP contribution >= 0.6 is 0 Å². The Morgan fingerprint density at radius 1 is 1.19 bits per heavy atom. The Kier molecular flexibility index (Phi) is 4.59. The molecule has 0 spiro atoms. The van der Waals surface area contributed by atoms with E-state index < -0.39 is 0 Å². The number of rotatable bonds is 4. The van der Waals surface area contributed by atoms with E-state index in [1.165, 1.54) is 24.8 Å². The summed E-state index contributed by atoms with van der Waals surface area (Å²) in [5.41, 5.74) is 2.15. The molecule has 1 aromatic carbocycles. The third-order valence-corrected chi connectivity index (χ3v) is 4.95. The molecule has 0 unspecified atom stereocenters. The van der Waals surface area contributed by atoms with Crippen molar-refractivity contribution in [2.75, 3.05) is 13.1 Å². The highest BCUT2D eigenvalue weighted by atomic mass is 16.2. The molecule has 1 heterocycles. The maximum Gasteiger partial charge on any atom is 0.254 e. The summed E-state index contributed by atoms with van der Waals surface area (Å²) in [7, 11) is 0. The maximum atomic E-state index is 12.7. The van der Waals surface area contributed by atoms with Crippen molar-refractivity contribution in [2.45, 2.75) is 57.5 Å². The van der Waals surface area contributed by atoms with E-state index >= 15 is 0 Å². The fourth-order valence-electron chi connectivity index (χ4n) is 3.73. The van der Waals surface area contributed by atoms with Crippen LogP contribution in [-0.2, 0) is 6.42 Å². The molecule has 0 aromatic heterocycles. The van der Waals surface area contributed by atoms with E-state index in [9.17, 15) is 4.79 Å². The number of carbonyl (C=O) groups is 1. The number of hydrogen-bond acceptors (Lipinski definition) is 2. The van der Waals surface area contributed by atoms with E-state index in [0.717, 1.165) is 37.9 Å². The largest absolute Gasteiger partial charge is 0.335 e. The van der Waals surface area contributed by atoms with Crippen LogP contribution in [0.5, 0.6) is 0 Å². The number of nitrogens with one attached hydrogen (secondary N) is 1. The van der Waals surface area contributed by atoms with Gasteiger partial charge in [-0.05, 0) is 56.7 Å². The van der Waals surface area contributed by atoms with Crippen LogP contribution in [0.1, 0.15) is 54.9 Å². The van der Waals surface area contributed by atoms with Gasteiger partial charge in [0.15, 0.2) is 0 Å². The molecule has 1 amide bonds. The van der Waals surface area contributed by atoms with E-state index in [-0.39, 0.29) is 5.91 Å². The molecule has 3 nitrogen and oxygen atoms in total. The zero-order valence-electron chi connectivity index (χ0n) is 13.0. The van der Waals surface area contributed by atoms with Gasteiger partial charge in [0.05, 0.1) is 0 Å². The topological polar surface area (TPSA) is 32.3 Å². The molecule has 1 aliphatic heterocycles. The van der Waals surface area contributed by atoms with Gasteiger partial charge >= 0.3 is 0 Å². The van der Waals surface area contributed by atoms with Crippen LogP contribution in [0.4, 0.5) is 0 Å². The van der Waals surface area contributed by atoms with Crippen LogP contribution in [0.3, 0.4) is 0 Å². The lowest BCUT2D eigenvalue weighted by molar-refractivity contribution is 0.0601. The zero-order chi connectivity index (χ0) is 14.7. The molecule has 21 heavy (non-hydrogen) atoms. The molecule has 3 rings (SSSR count). The van der Waals surface area contributed by atoms with Gasteiger partial charge in [0.2, 0.25) is 0 Å². The van der Waals surface area contributed by atoms with Crippen molar-refractivity contribution in [3.63, 3.8) is 0 Å². The Morgan fingerprint density at radius 3 is 2.71 bits per heavy atom. The fourth-order valence-corrected chi connectivity index (χ4v) is 3.73. The summed E-state index contributed by atoms with van der Waals surface area (Å²) >= 11 is 0. The summed E-state index contributed by atoms with van der Waals surface area (Å²) in [6.07, 6.45) is 6.91. The summed E-state index contributed by atoms with van der Waals surface area (Å²) in [6, 6.07) is 9.20. The number of amides is 1. The smallest absolute Gasteiger partial charge is 0.254 e. The van der Waals surface area contributed by atoms with Crippen LogP contribution in [0.25, 0.3) is 0 Å². The minimum absolute atomic E-state index is 0.252. The first-order valence-corrected chi connectivity index (χ1v) is 8.42. The van der Waals surface area contributed by atoms with Crippen LogP contribution in [0.15, 0.2) is 24.3 Å². The first-order chi connectivity index (χ1) is 10.3. The first-order valence-electron chi connectivity index (χ1n) is 8.42. The van der Waals surface area contributed by atoms with Crippen molar-refractivity contribution in [3.05, 3.63) is 35.4 Å². The first kappa shape index (κ1) is 14.6. The van der Waals surface area contributed by atoms with Gasteiger partial charge in [0.1, 0.15) is 0 Å². The fraction of sp³-hybridized carbons (Fsp3) is 0.611. The highest BCUT2D eigenvalue weighted by Gasteiger charge is 2.32. The molecule has 1 aliphatic carbocycles. The van der Waals surface area contributed by atoms with E-state index in [2.05, 4.69) is 23.2 Å². The molecule has 1 fully saturated rings. The van der Waals surface area contributed by atoms with Crippen molar-refractivity contribution >= 4 is 5.91 Å². The number of nitrogens with zero attached hydrogens (tertiary/aromatic N) is 1. The average molecular weight is 286 g/mol. The van der Waals surface area contributed by atoms with E-state index in [4.69, 9.17) is 0 Å². The molecule has 114 valence electrons. The van der Waals surface area contributed by atoms with Gasteiger partial charge in [-0.3, -0.25) is 4.79 Å². The molecule has 0 saturated heterocycles. The number of hydrogen-bond donors (Lipinski definition) is 1. The summed E-state index contributed by atoms with van der Waals surface area (Å²) in [4.78, 5) is 14.8. The van der Waals surface area contributed by atoms with Gasteiger partial charge in [0, 0.05) is 24.2 Å². The second kappa shape index (κ2) is 6.61. The van der Waals surface area contributed by atoms with Gasteiger partial charge in [0.25, 0.3) is 5.91 Å². The molecular formula is C18H26N2O. The summed E-state index contributed by atoms with van der Waals surface area (Å²) < 4.78 is 0. The zero-order valence-corrected chi connectivity index (χ0v) is 13.0. The number of benzene rings is 1. The van der Waals surface area contributed by atoms with Gasteiger partial charge in [-0.2, -0.15) is 0 Å². The van der Waals surface area contributed by atoms with Crippen LogP contribution in [-0.4, -0.2) is 36.0 Å². The SMILES string of the molecule is CCCNC1CCC(N2CCc3ccccc3C2=O)CC1. The Balaban J connectivity index is 1.61. The van der Waals surface area contributed by atoms with E-state index in [1.807, 2.05) is 18.2 Å². The molecule has 1 saturated carbocycles. The molecule has 0 atom stereocenters. The highest BCUT2D eigenvalue weighted by Crippen LogP contribution is 2.28. The minimum atomic E-state index is 0.252. The molecular weight excluding hydrogens is 260 g/mol. The van der Waals surface area contributed by atoms with Gasteiger partial charge < -0.3 is 10.2 Å². The average Bonchev–Trinajstić information content (AvgIpc) is 2.54. The highest BCUT2D eigenvalue weighted by molar-refractivity contribution is 5.96. The van der Waals surface area contributed by atoms with Gasteiger partial charge in [-0.25, -0.2) is 0 Å². The standard InChI is InChI=1S/C18H26N2O/c1-2-12-19-15-7-9-16(10-8-15)20-13-11-14-5-3-4-6-17(14)18(20)21/h3-6,15-16,19H,2,7-13H2,1H3. The summed E-state index contributed by atoms with van der Waals surface area (Å²) in [5.74, 6) is 0.252. The van der Waals surface area contributed by atoms with Crippen LogP contribution in [0, 0.1) is 0 Å². The molecule has 1 aromatic rings. The summed E-state index contributed by atoms with van der Waals surface area (Å²) in [5, 5.41) is 3.62. The second-order valence-electron chi connectivity index (χ2n) is 6.37. The van der Waals surface area contributed by atoms with E-state index in [1.54, 1.807) is 0 Å².